The Kier molecular flexibility index (Phi) is 4.14. The summed E-state index contributed by atoms with van der Waals surface area (Å²) in [6, 6.07) is 0.126. The van der Waals surface area contributed by atoms with Crippen LogP contribution in [0, 0.1) is 0 Å². The first-order valence-corrected chi connectivity index (χ1v) is 6.94. The smallest absolute Gasteiger partial charge is 0.0794 e. The number of morpholine rings is 1. The van der Waals surface area contributed by atoms with Crippen LogP contribution in [0.15, 0.2) is 11.7 Å². The molecule has 1 aromatic rings. The second-order valence-electron chi connectivity index (χ2n) is 5.03. The van der Waals surface area contributed by atoms with Crippen LogP contribution in [0.3, 0.4) is 0 Å². The van der Waals surface area contributed by atoms with E-state index in [2.05, 4.69) is 23.7 Å². The van der Waals surface area contributed by atoms with Gasteiger partial charge in [0, 0.05) is 42.2 Å². The zero-order chi connectivity index (χ0) is 12.3. The molecule has 0 radical (unpaired) electrons. The van der Waals surface area contributed by atoms with Gasteiger partial charge in [0.25, 0.3) is 0 Å². The molecule has 1 aliphatic heterocycles. The molecular weight excluding hydrogens is 234 g/mol. The van der Waals surface area contributed by atoms with Gasteiger partial charge in [-0.25, -0.2) is 0 Å². The van der Waals surface area contributed by atoms with Gasteiger partial charge in [0.1, 0.15) is 0 Å². The zero-order valence-corrected chi connectivity index (χ0v) is 11.4. The van der Waals surface area contributed by atoms with Crippen LogP contribution in [-0.4, -0.2) is 47.8 Å². The third-order valence-corrected chi connectivity index (χ3v) is 4.44. The fourth-order valence-electron chi connectivity index (χ4n) is 2.18. The van der Waals surface area contributed by atoms with Gasteiger partial charge in [-0.1, -0.05) is 0 Å². The van der Waals surface area contributed by atoms with E-state index in [4.69, 9.17) is 10.5 Å². The van der Waals surface area contributed by atoms with Crippen LogP contribution in [0.4, 0.5) is 0 Å². The fourth-order valence-corrected chi connectivity index (χ4v) is 2.84. The summed E-state index contributed by atoms with van der Waals surface area (Å²) in [5, 5.41) is 0. The Morgan fingerprint density at radius 2 is 2.24 bits per heavy atom. The number of rotatable bonds is 4. The van der Waals surface area contributed by atoms with E-state index in [1.54, 1.807) is 11.3 Å². The molecule has 2 heterocycles. The van der Waals surface area contributed by atoms with Gasteiger partial charge in [0.2, 0.25) is 0 Å². The van der Waals surface area contributed by atoms with Crippen LogP contribution in [0.1, 0.15) is 18.7 Å². The maximum absolute atomic E-state index is 6.37. The number of thiazole rings is 1. The summed E-state index contributed by atoms with van der Waals surface area (Å²) in [6.45, 7) is 8.04. The van der Waals surface area contributed by atoms with E-state index in [1.165, 1.54) is 4.88 Å². The predicted molar refractivity (Wildman–Crippen MR) is 70.3 cm³/mol. The monoisotopic (exact) mass is 255 g/mol. The number of nitrogens with zero attached hydrogens (tertiary/aromatic N) is 2. The van der Waals surface area contributed by atoms with E-state index < -0.39 is 0 Å². The average molecular weight is 255 g/mol. The SMILES string of the molecule is CC(C)(C(N)Cc1cncs1)N1CCOCC1. The van der Waals surface area contributed by atoms with Crippen LogP contribution >= 0.6 is 11.3 Å². The van der Waals surface area contributed by atoms with Gasteiger partial charge < -0.3 is 10.5 Å². The van der Waals surface area contributed by atoms with Crippen molar-refractivity contribution >= 4 is 11.3 Å². The Hall–Kier alpha value is -0.490. The predicted octanol–water partition coefficient (Wildman–Crippen LogP) is 1.12. The maximum Gasteiger partial charge on any atom is 0.0794 e. The highest BCUT2D eigenvalue weighted by atomic mass is 32.1. The third-order valence-electron chi connectivity index (χ3n) is 3.64. The van der Waals surface area contributed by atoms with Crippen LogP contribution < -0.4 is 5.73 Å². The van der Waals surface area contributed by atoms with E-state index in [0.717, 1.165) is 32.7 Å². The van der Waals surface area contributed by atoms with E-state index in [-0.39, 0.29) is 11.6 Å². The first-order chi connectivity index (χ1) is 8.10. The molecule has 5 heteroatoms. The molecule has 2 rings (SSSR count). The van der Waals surface area contributed by atoms with Crippen molar-refractivity contribution in [2.24, 2.45) is 5.73 Å². The summed E-state index contributed by atoms with van der Waals surface area (Å²) in [4.78, 5) is 7.79. The van der Waals surface area contributed by atoms with Crippen LogP contribution in [-0.2, 0) is 11.2 Å². The molecule has 0 aromatic carbocycles. The van der Waals surface area contributed by atoms with Gasteiger partial charge in [0.15, 0.2) is 0 Å². The number of ether oxygens (including phenoxy) is 1. The zero-order valence-electron chi connectivity index (χ0n) is 10.6. The Balaban J connectivity index is 1.98. The molecular formula is C12H21N3OS. The number of hydrogen-bond donors (Lipinski definition) is 1. The first kappa shape index (κ1) is 13.0. The highest BCUT2D eigenvalue weighted by molar-refractivity contribution is 7.09. The van der Waals surface area contributed by atoms with Crippen molar-refractivity contribution in [3.05, 3.63) is 16.6 Å². The van der Waals surface area contributed by atoms with Crippen molar-refractivity contribution in [1.29, 1.82) is 0 Å². The molecule has 1 aromatic heterocycles. The summed E-state index contributed by atoms with van der Waals surface area (Å²) in [7, 11) is 0. The van der Waals surface area contributed by atoms with Gasteiger partial charge in [-0.05, 0) is 13.8 Å². The van der Waals surface area contributed by atoms with Crippen LogP contribution in [0.2, 0.25) is 0 Å². The lowest BCUT2D eigenvalue weighted by molar-refractivity contribution is -0.0185. The molecule has 4 nitrogen and oxygen atoms in total. The summed E-state index contributed by atoms with van der Waals surface area (Å²) in [5.41, 5.74) is 8.24. The molecule has 0 aliphatic carbocycles. The van der Waals surface area contributed by atoms with Crippen molar-refractivity contribution in [2.75, 3.05) is 26.3 Å². The largest absolute Gasteiger partial charge is 0.379 e. The van der Waals surface area contributed by atoms with Gasteiger partial charge in [-0.3, -0.25) is 9.88 Å². The Morgan fingerprint density at radius 1 is 1.53 bits per heavy atom. The van der Waals surface area contributed by atoms with E-state index >= 15 is 0 Å². The fraction of sp³-hybridized carbons (Fsp3) is 0.750. The second kappa shape index (κ2) is 5.44. The average Bonchev–Trinajstić information content (AvgIpc) is 2.83. The molecule has 2 N–H and O–H groups in total. The molecule has 1 saturated heterocycles. The molecule has 96 valence electrons. The lowest BCUT2D eigenvalue weighted by Crippen LogP contribution is -2.59. The van der Waals surface area contributed by atoms with Gasteiger partial charge >= 0.3 is 0 Å². The summed E-state index contributed by atoms with van der Waals surface area (Å²) < 4.78 is 5.39. The first-order valence-electron chi connectivity index (χ1n) is 6.06. The van der Waals surface area contributed by atoms with E-state index in [9.17, 15) is 0 Å². The minimum atomic E-state index is 0.00771. The number of hydrogen-bond acceptors (Lipinski definition) is 5. The molecule has 1 aliphatic rings. The van der Waals surface area contributed by atoms with Crippen molar-refractivity contribution < 1.29 is 4.74 Å². The van der Waals surface area contributed by atoms with Gasteiger partial charge in [-0.2, -0.15) is 0 Å². The molecule has 0 saturated carbocycles. The maximum atomic E-state index is 6.37. The van der Waals surface area contributed by atoms with Crippen molar-refractivity contribution in [3.63, 3.8) is 0 Å². The lowest BCUT2D eigenvalue weighted by Gasteiger charge is -2.44. The molecule has 0 amide bonds. The Bertz CT molecular complexity index is 334. The van der Waals surface area contributed by atoms with E-state index in [1.807, 2.05) is 11.7 Å². The standard InChI is InChI=1S/C12H21N3OS/c1-12(2,15-3-5-16-6-4-15)11(13)7-10-8-14-9-17-10/h8-9,11H,3-7,13H2,1-2H3. The molecule has 0 spiro atoms. The summed E-state index contributed by atoms with van der Waals surface area (Å²) in [6.07, 6.45) is 2.81. The minimum Gasteiger partial charge on any atom is -0.379 e. The number of nitrogens with two attached hydrogens (primary N) is 1. The summed E-state index contributed by atoms with van der Waals surface area (Å²) in [5.74, 6) is 0. The van der Waals surface area contributed by atoms with Crippen LogP contribution in [0.5, 0.6) is 0 Å². The van der Waals surface area contributed by atoms with Crippen molar-refractivity contribution in [1.82, 2.24) is 9.88 Å². The van der Waals surface area contributed by atoms with Crippen molar-refractivity contribution in [2.45, 2.75) is 31.8 Å². The van der Waals surface area contributed by atoms with Gasteiger partial charge in [-0.15, -0.1) is 11.3 Å². The highest BCUT2D eigenvalue weighted by Gasteiger charge is 2.34. The normalized spacial score (nSPS) is 20.4. The lowest BCUT2D eigenvalue weighted by atomic mass is 9.90. The number of aromatic nitrogens is 1. The minimum absolute atomic E-state index is 0.00771. The summed E-state index contributed by atoms with van der Waals surface area (Å²) >= 11 is 1.68. The molecule has 17 heavy (non-hydrogen) atoms. The highest BCUT2D eigenvalue weighted by Crippen LogP contribution is 2.22. The molecule has 0 bridgehead atoms. The Labute approximate surface area is 107 Å². The Morgan fingerprint density at radius 3 is 2.82 bits per heavy atom. The molecule has 1 unspecified atom stereocenters. The molecule has 1 atom stereocenters. The quantitative estimate of drug-likeness (QED) is 0.876. The van der Waals surface area contributed by atoms with Gasteiger partial charge in [0.05, 0.1) is 18.7 Å². The molecule has 1 fully saturated rings. The van der Waals surface area contributed by atoms with Crippen molar-refractivity contribution in [3.8, 4) is 0 Å². The second-order valence-corrected chi connectivity index (χ2v) is 6.00. The van der Waals surface area contributed by atoms with Crippen LogP contribution in [0.25, 0.3) is 0 Å². The topological polar surface area (TPSA) is 51.4 Å². The van der Waals surface area contributed by atoms with E-state index in [0.29, 0.717) is 0 Å². The third kappa shape index (κ3) is 3.04.